The number of alkyl carbamates (subject to hydrolysis) is 1. The summed E-state index contributed by atoms with van der Waals surface area (Å²) in [6, 6.07) is 1.55. The van der Waals surface area contributed by atoms with Crippen molar-refractivity contribution in [1.82, 2.24) is 19.4 Å². The number of amides is 1. The molecule has 1 unspecified atom stereocenters. The summed E-state index contributed by atoms with van der Waals surface area (Å²) in [6.45, 7) is 13.7. The topological polar surface area (TPSA) is 90.6 Å². The van der Waals surface area contributed by atoms with Gasteiger partial charge in [-0.05, 0) is 68.4 Å². The second-order valence-electron chi connectivity index (χ2n) is 12.4. The SMILES string of the molecule is Cn1c(N2[C@@H]3CC[C@H]2CC(NC(=O)OC(C)(C)C)C3)nc2c(c(Br)cn2COCC[Si](C)(C)C)c1=O. The van der Waals surface area contributed by atoms with Crippen molar-refractivity contribution < 1.29 is 14.3 Å². The van der Waals surface area contributed by atoms with Gasteiger partial charge in [0.05, 0.1) is 9.86 Å². The van der Waals surface area contributed by atoms with Gasteiger partial charge in [-0.2, -0.15) is 4.98 Å². The van der Waals surface area contributed by atoms with Gasteiger partial charge in [-0.1, -0.05) is 19.6 Å². The molecule has 2 fully saturated rings. The molecule has 4 heterocycles. The summed E-state index contributed by atoms with van der Waals surface area (Å²) in [5.74, 6) is 0.685. The minimum Gasteiger partial charge on any atom is -0.444 e. The van der Waals surface area contributed by atoms with Gasteiger partial charge in [0.15, 0.2) is 5.65 Å². The molecule has 2 aromatic rings. The van der Waals surface area contributed by atoms with Crippen LogP contribution in [0.1, 0.15) is 46.5 Å². The lowest BCUT2D eigenvalue weighted by molar-refractivity contribution is 0.0492. The highest BCUT2D eigenvalue weighted by Crippen LogP contribution is 2.39. The Hall–Kier alpha value is -1.85. The molecule has 36 heavy (non-hydrogen) atoms. The summed E-state index contributed by atoms with van der Waals surface area (Å²) in [5, 5.41) is 3.63. The fraction of sp³-hybridized carbons (Fsp3) is 0.720. The van der Waals surface area contributed by atoms with Crippen molar-refractivity contribution in [2.75, 3.05) is 11.5 Å². The largest absolute Gasteiger partial charge is 0.444 e. The van der Waals surface area contributed by atoms with Gasteiger partial charge in [-0.15, -0.1) is 0 Å². The van der Waals surface area contributed by atoms with E-state index in [9.17, 15) is 9.59 Å². The minimum atomic E-state index is -1.18. The summed E-state index contributed by atoms with van der Waals surface area (Å²) in [5.41, 5.74) is 0.0423. The number of nitrogens with one attached hydrogen (secondary N) is 1. The van der Waals surface area contributed by atoms with Gasteiger partial charge in [0.2, 0.25) is 5.95 Å². The van der Waals surface area contributed by atoms with E-state index in [1.165, 1.54) is 0 Å². The molecule has 0 aliphatic carbocycles. The Labute approximate surface area is 222 Å². The smallest absolute Gasteiger partial charge is 0.407 e. The second-order valence-corrected chi connectivity index (χ2v) is 18.9. The van der Waals surface area contributed by atoms with Gasteiger partial charge < -0.3 is 24.3 Å². The number of aromatic nitrogens is 3. The Bertz CT molecular complexity index is 1170. The van der Waals surface area contributed by atoms with Crippen molar-refractivity contribution in [3.8, 4) is 0 Å². The third kappa shape index (κ3) is 5.99. The highest BCUT2D eigenvalue weighted by Gasteiger charge is 2.43. The van der Waals surface area contributed by atoms with Crippen LogP contribution in [0, 0.1) is 0 Å². The van der Waals surface area contributed by atoms with Crippen LogP contribution in [-0.2, 0) is 23.3 Å². The quantitative estimate of drug-likeness (QED) is 0.372. The predicted octanol–water partition coefficient (Wildman–Crippen LogP) is 4.83. The first kappa shape index (κ1) is 27.2. The fourth-order valence-electron chi connectivity index (χ4n) is 5.23. The third-order valence-electron chi connectivity index (χ3n) is 6.94. The van der Waals surface area contributed by atoms with Crippen molar-refractivity contribution in [3.05, 3.63) is 21.0 Å². The maximum Gasteiger partial charge on any atom is 0.407 e. The van der Waals surface area contributed by atoms with Crippen molar-refractivity contribution in [3.63, 3.8) is 0 Å². The van der Waals surface area contributed by atoms with E-state index in [0.29, 0.717) is 30.3 Å². The van der Waals surface area contributed by atoms with E-state index in [1.807, 2.05) is 31.5 Å². The Morgan fingerprint density at radius 2 is 1.86 bits per heavy atom. The molecule has 11 heteroatoms. The average molecular weight is 583 g/mol. The van der Waals surface area contributed by atoms with Crippen LogP contribution in [0.4, 0.5) is 10.7 Å². The monoisotopic (exact) mass is 581 g/mol. The molecule has 2 aliphatic rings. The Kier molecular flexibility index (Phi) is 7.65. The van der Waals surface area contributed by atoms with E-state index >= 15 is 0 Å². The lowest BCUT2D eigenvalue weighted by atomic mass is 9.98. The van der Waals surface area contributed by atoms with Gasteiger partial charge in [0.25, 0.3) is 5.56 Å². The van der Waals surface area contributed by atoms with E-state index in [0.717, 1.165) is 36.2 Å². The molecule has 1 N–H and O–H groups in total. The van der Waals surface area contributed by atoms with Gasteiger partial charge in [0.1, 0.15) is 12.3 Å². The molecule has 0 radical (unpaired) electrons. The summed E-state index contributed by atoms with van der Waals surface area (Å²) >= 11 is 3.56. The van der Waals surface area contributed by atoms with Crippen molar-refractivity contribution in [1.29, 1.82) is 0 Å². The van der Waals surface area contributed by atoms with Crippen LogP contribution < -0.4 is 15.8 Å². The number of nitrogens with zero attached hydrogens (tertiary/aromatic N) is 4. The van der Waals surface area contributed by atoms with E-state index < -0.39 is 13.7 Å². The number of carbonyl (C=O) groups is 1. The number of fused-ring (bicyclic) bond motifs is 3. The van der Waals surface area contributed by atoms with E-state index in [-0.39, 0.29) is 29.8 Å². The summed E-state index contributed by atoms with van der Waals surface area (Å²) in [4.78, 5) is 33.1. The lowest BCUT2D eigenvalue weighted by Crippen LogP contribution is -2.52. The first-order valence-electron chi connectivity index (χ1n) is 12.8. The molecule has 0 aromatic carbocycles. The molecule has 9 nitrogen and oxygen atoms in total. The number of ether oxygens (including phenoxy) is 2. The first-order valence-corrected chi connectivity index (χ1v) is 17.3. The molecule has 0 spiro atoms. The molecular weight excluding hydrogens is 542 g/mol. The van der Waals surface area contributed by atoms with Gasteiger partial charge in [0, 0.05) is 46.1 Å². The molecule has 200 valence electrons. The standard InChI is InChI=1S/C25H40BrN5O4Si/c1-25(2,3)35-24(33)27-16-12-17-8-9-18(13-16)31(17)23-28-21-20(22(32)29(23)4)19(26)14-30(21)15-34-10-11-36(5,6)7/h14,16-18H,8-13,15H2,1-7H3,(H,27,33)/t16?,17-,18+. The number of anilines is 1. The molecule has 2 bridgehead atoms. The van der Waals surface area contributed by atoms with Crippen molar-refractivity contribution >= 4 is 47.1 Å². The summed E-state index contributed by atoms with van der Waals surface area (Å²) < 4.78 is 15.8. The van der Waals surface area contributed by atoms with Gasteiger partial charge in [-0.3, -0.25) is 9.36 Å². The lowest BCUT2D eigenvalue weighted by Gasteiger charge is -2.40. The summed E-state index contributed by atoms with van der Waals surface area (Å²) in [6.07, 6.45) is 5.14. The van der Waals surface area contributed by atoms with Crippen LogP contribution in [0.5, 0.6) is 0 Å². The Morgan fingerprint density at radius 3 is 2.44 bits per heavy atom. The maximum absolute atomic E-state index is 13.4. The highest BCUT2D eigenvalue weighted by molar-refractivity contribution is 9.10. The number of piperidine rings is 1. The molecule has 2 aliphatic heterocycles. The van der Waals surface area contributed by atoms with Gasteiger partial charge >= 0.3 is 6.09 Å². The molecule has 2 saturated heterocycles. The molecule has 4 rings (SSSR count). The number of rotatable bonds is 7. The number of halogens is 1. The second kappa shape index (κ2) is 10.1. The van der Waals surface area contributed by atoms with Crippen molar-refractivity contribution in [2.24, 2.45) is 7.05 Å². The molecule has 1 amide bonds. The number of carbonyl (C=O) groups excluding carboxylic acids is 1. The van der Waals surface area contributed by atoms with Crippen LogP contribution in [-0.4, -0.2) is 58.6 Å². The van der Waals surface area contributed by atoms with Crippen LogP contribution in [0.3, 0.4) is 0 Å². The van der Waals surface area contributed by atoms with E-state index in [1.54, 1.807) is 11.6 Å². The van der Waals surface area contributed by atoms with Crippen molar-refractivity contribution in [2.45, 2.75) is 103 Å². The average Bonchev–Trinajstić information content (AvgIpc) is 3.18. The fourth-order valence-corrected chi connectivity index (χ4v) is 6.58. The normalized spacial score (nSPS) is 22.3. The van der Waals surface area contributed by atoms with Crippen LogP contribution in [0.2, 0.25) is 25.7 Å². The zero-order chi connectivity index (χ0) is 26.4. The first-order chi connectivity index (χ1) is 16.7. The highest BCUT2D eigenvalue weighted by atomic mass is 79.9. The van der Waals surface area contributed by atoms with Crippen LogP contribution in [0.25, 0.3) is 11.0 Å². The summed E-state index contributed by atoms with van der Waals surface area (Å²) in [7, 11) is 0.613. The number of hydrogen-bond acceptors (Lipinski definition) is 6. The molecule has 3 atom stereocenters. The molecular formula is C25H40BrN5O4Si. The molecule has 2 aromatic heterocycles. The zero-order valence-electron chi connectivity index (χ0n) is 22.6. The minimum absolute atomic E-state index is 0.0483. The molecule has 0 saturated carbocycles. The van der Waals surface area contributed by atoms with Crippen LogP contribution in [0.15, 0.2) is 15.5 Å². The van der Waals surface area contributed by atoms with Crippen LogP contribution >= 0.6 is 15.9 Å². The Morgan fingerprint density at radius 1 is 1.22 bits per heavy atom. The van der Waals surface area contributed by atoms with E-state index in [2.05, 4.69) is 45.8 Å². The number of hydrogen-bond donors (Lipinski definition) is 1. The van der Waals surface area contributed by atoms with E-state index in [4.69, 9.17) is 14.5 Å². The zero-order valence-corrected chi connectivity index (χ0v) is 25.1. The maximum atomic E-state index is 13.4. The predicted molar refractivity (Wildman–Crippen MR) is 148 cm³/mol. The Balaban J connectivity index is 1.55. The van der Waals surface area contributed by atoms with Gasteiger partial charge in [-0.25, -0.2) is 4.79 Å². The third-order valence-corrected chi connectivity index (χ3v) is 9.25.